The van der Waals surface area contributed by atoms with Gasteiger partial charge in [-0.3, -0.25) is 0 Å². The van der Waals surface area contributed by atoms with Crippen molar-refractivity contribution in [3.63, 3.8) is 0 Å². The molecule has 0 radical (unpaired) electrons. The van der Waals surface area contributed by atoms with Gasteiger partial charge in [0, 0.05) is 6.92 Å². The predicted molar refractivity (Wildman–Crippen MR) is 38.5 cm³/mol. The van der Waals surface area contributed by atoms with Gasteiger partial charge in [0.15, 0.2) is 0 Å². The summed E-state index contributed by atoms with van der Waals surface area (Å²) in [5.41, 5.74) is 0. The second kappa shape index (κ2) is 4.55. The Morgan fingerprint density at radius 3 is 1.20 bits per heavy atom. The molecule has 0 unspecified atom stereocenters. The minimum absolute atomic E-state index is 0.188. The van der Waals surface area contributed by atoms with E-state index in [1.54, 1.807) is 0 Å². The van der Waals surface area contributed by atoms with E-state index in [0.29, 0.717) is 0 Å². The van der Waals surface area contributed by atoms with Crippen LogP contribution >= 0.6 is 29.6 Å². The number of rotatable bonds is 0. The summed E-state index contributed by atoms with van der Waals surface area (Å²) in [6, 6.07) is 0. The maximum atomic E-state index is 10.4. The molecule has 10 heavy (non-hydrogen) atoms. The van der Waals surface area contributed by atoms with Crippen LogP contribution in [0, 0.1) is 0 Å². The number of alkyl halides is 3. The van der Waals surface area contributed by atoms with Gasteiger partial charge >= 0.3 is 6.18 Å². The largest absolute Gasteiger partial charge is 0.386 e. The highest BCUT2D eigenvalue weighted by atomic mass is 79.9. The third-order valence-corrected chi connectivity index (χ3v) is 0. The summed E-state index contributed by atoms with van der Waals surface area (Å²) >= 11 is 4.53. The highest BCUT2D eigenvalue weighted by Gasteiger charge is 2.15. The molecule has 0 aliphatic heterocycles. The van der Waals surface area contributed by atoms with Crippen LogP contribution in [-0.4, -0.2) is 14.6 Å². The van der Waals surface area contributed by atoms with Crippen molar-refractivity contribution < 1.29 is 21.6 Å². The maximum Gasteiger partial charge on any atom is 0.386 e. The molecule has 0 heterocycles. The van der Waals surface area contributed by atoms with E-state index >= 15 is 0 Å². The van der Waals surface area contributed by atoms with E-state index in [9.17, 15) is 21.6 Å². The van der Waals surface area contributed by atoms with E-state index in [1.807, 2.05) is 0 Å². The van der Waals surface area contributed by atoms with Gasteiger partial charge in [0.25, 0.3) is 6.70 Å². The van der Waals surface area contributed by atoms with Gasteiger partial charge in [-0.05, 0) is 0 Å². The summed E-state index contributed by atoms with van der Waals surface area (Å²) in [5, 5.41) is 0. The van der Waals surface area contributed by atoms with Crippen LogP contribution in [0.15, 0.2) is 0 Å². The van der Waals surface area contributed by atoms with Crippen LogP contribution in [0.3, 0.4) is 0 Å². The van der Waals surface area contributed by atoms with Gasteiger partial charge in [-0.1, -0.05) is 0 Å². The Balaban J connectivity index is 0. The van der Waals surface area contributed by atoms with Gasteiger partial charge < -0.3 is 0 Å². The summed E-state index contributed by atoms with van der Waals surface area (Å²) in [7, 11) is 0. The quantitative estimate of drug-likeness (QED) is 0.645. The molecule has 0 fully saturated rings. The smallest absolute Gasteiger partial charge is 0.205 e. The second-order valence-electron chi connectivity index (χ2n) is 1.16. The Kier molecular flexibility index (Phi) is 6.05. The molecule has 0 N–H and O–H groups in total. The van der Waals surface area contributed by atoms with Crippen molar-refractivity contribution in [3.8, 4) is 0 Å². The molecule has 0 saturated carbocycles. The summed E-state index contributed by atoms with van der Waals surface area (Å²) in [5.74, 6) is 0. The van der Waals surface area contributed by atoms with Crippen molar-refractivity contribution in [2.75, 3.05) is 0 Å². The SMILES string of the molecule is CC(F)(F)F.O=S(=O)(Br)Br. The first-order chi connectivity index (χ1) is 4.00. The molecule has 64 valence electrons. The van der Waals surface area contributed by atoms with Crippen LogP contribution in [0.5, 0.6) is 0 Å². The summed E-state index contributed by atoms with van der Waals surface area (Å²) < 4.78 is 50.0. The molecule has 0 aliphatic carbocycles. The second-order valence-corrected chi connectivity index (χ2v) is 9.64. The van der Waals surface area contributed by atoms with E-state index in [-0.39, 0.29) is 6.92 Å². The molecule has 0 aromatic carbocycles. The molecule has 0 aromatic heterocycles. The molecule has 0 aliphatic rings. The molecule has 0 spiro atoms. The average Bonchev–Trinajstić information content (AvgIpc) is 1.12. The molecule has 0 atom stereocenters. The van der Waals surface area contributed by atoms with Gasteiger partial charge in [-0.2, -0.15) is 13.2 Å². The fourth-order valence-electron chi connectivity index (χ4n) is 0. The van der Waals surface area contributed by atoms with E-state index in [0.717, 1.165) is 0 Å². The summed E-state index contributed by atoms with van der Waals surface area (Å²) in [4.78, 5) is 0. The molecule has 8 heteroatoms. The molecule has 2 nitrogen and oxygen atoms in total. The highest BCUT2D eigenvalue weighted by molar-refractivity contribution is 9.79. The van der Waals surface area contributed by atoms with Crippen LogP contribution in [0.4, 0.5) is 13.2 Å². The van der Waals surface area contributed by atoms with Crippen molar-refractivity contribution in [1.29, 1.82) is 0 Å². The Morgan fingerprint density at radius 2 is 1.20 bits per heavy atom. The predicted octanol–water partition coefficient (Wildman–Crippen LogP) is 2.59. The zero-order valence-electron chi connectivity index (χ0n) is 4.61. The van der Waals surface area contributed by atoms with Gasteiger partial charge in [0.2, 0.25) is 0 Å². The number of halogens is 5. The molecular formula is C2H3Br2F3O2S. The normalized spacial score (nSPS) is 11.8. The zero-order chi connectivity index (χ0) is 9.00. The van der Waals surface area contributed by atoms with Crippen LogP contribution in [0.25, 0.3) is 0 Å². The van der Waals surface area contributed by atoms with Crippen LogP contribution in [0.1, 0.15) is 6.92 Å². The van der Waals surface area contributed by atoms with E-state index in [2.05, 4.69) is 29.6 Å². The van der Waals surface area contributed by atoms with Crippen LogP contribution in [0.2, 0.25) is 0 Å². The Hall–Kier alpha value is 0.700. The van der Waals surface area contributed by atoms with Crippen molar-refractivity contribution in [3.05, 3.63) is 0 Å². The first-order valence-electron chi connectivity index (χ1n) is 1.71. The van der Waals surface area contributed by atoms with Gasteiger partial charge in [0.05, 0.1) is 29.6 Å². The minimum atomic E-state index is -4.00. The molecular weight excluding hydrogens is 305 g/mol. The van der Waals surface area contributed by atoms with Crippen LogP contribution < -0.4 is 0 Å². The molecule has 0 saturated heterocycles. The Bertz CT molecular complexity index is 157. The highest BCUT2D eigenvalue weighted by Crippen LogP contribution is 2.10. The monoisotopic (exact) mass is 306 g/mol. The standard InChI is InChI=1S/C2H3F3.Br2O2S/c1-2(3,4)5;1-5(2,3)4/h1H3;. The third kappa shape index (κ3) is 1050. The Labute approximate surface area is 71.1 Å². The van der Waals surface area contributed by atoms with Gasteiger partial charge in [-0.25, -0.2) is 8.42 Å². The van der Waals surface area contributed by atoms with Crippen molar-refractivity contribution in [1.82, 2.24) is 0 Å². The summed E-state index contributed by atoms with van der Waals surface area (Å²) in [6.07, 6.45) is -4.00. The van der Waals surface area contributed by atoms with Crippen molar-refractivity contribution >= 4 is 36.3 Å². The molecule has 0 aromatic rings. The Morgan fingerprint density at radius 1 is 1.20 bits per heavy atom. The maximum absolute atomic E-state index is 10.4. The van der Waals surface area contributed by atoms with Gasteiger partial charge in [-0.15, -0.1) is 0 Å². The molecule has 0 rings (SSSR count). The lowest BCUT2D eigenvalue weighted by molar-refractivity contribution is -0.110. The van der Waals surface area contributed by atoms with E-state index in [4.69, 9.17) is 0 Å². The summed E-state index contributed by atoms with van der Waals surface area (Å²) in [6.45, 7) is -2.85. The van der Waals surface area contributed by atoms with E-state index in [1.165, 1.54) is 0 Å². The first-order valence-corrected chi connectivity index (χ1v) is 6.88. The lowest BCUT2D eigenvalue weighted by Crippen LogP contribution is -1.95. The fraction of sp³-hybridized carbons (Fsp3) is 1.00. The minimum Gasteiger partial charge on any atom is -0.205 e. The third-order valence-electron chi connectivity index (χ3n) is 0. The lowest BCUT2D eigenvalue weighted by Gasteiger charge is -1.88. The average molecular weight is 308 g/mol. The number of hydrogen-bond acceptors (Lipinski definition) is 2. The van der Waals surface area contributed by atoms with E-state index < -0.39 is 12.9 Å². The van der Waals surface area contributed by atoms with Crippen molar-refractivity contribution in [2.45, 2.75) is 13.1 Å². The topological polar surface area (TPSA) is 34.1 Å². The van der Waals surface area contributed by atoms with Gasteiger partial charge in [0.1, 0.15) is 0 Å². The zero-order valence-corrected chi connectivity index (χ0v) is 8.60. The van der Waals surface area contributed by atoms with Crippen molar-refractivity contribution in [2.24, 2.45) is 0 Å². The fourth-order valence-corrected chi connectivity index (χ4v) is 0. The molecule has 0 bridgehead atoms. The first kappa shape index (κ1) is 13.3. The van der Waals surface area contributed by atoms with Crippen LogP contribution in [-0.2, 0) is 6.70 Å². The lowest BCUT2D eigenvalue weighted by atomic mass is 10.8. The molecule has 0 amide bonds. The number of hydrogen-bond donors (Lipinski definition) is 0.